The van der Waals surface area contributed by atoms with Gasteiger partial charge in [-0.15, -0.1) is 0 Å². The summed E-state index contributed by atoms with van der Waals surface area (Å²) in [5.74, 6) is 0.463. The minimum absolute atomic E-state index is 0.0322. The number of fused-ring (bicyclic) bond motifs is 1. The molecule has 0 aromatic carbocycles. The van der Waals surface area contributed by atoms with Crippen LogP contribution in [-0.4, -0.2) is 24.9 Å². The highest BCUT2D eigenvalue weighted by atomic mass is 35.5. The van der Waals surface area contributed by atoms with Gasteiger partial charge >= 0.3 is 0 Å². The first-order valence-electron chi connectivity index (χ1n) is 5.73. The van der Waals surface area contributed by atoms with Crippen molar-refractivity contribution >= 4 is 39.0 Å². The summed E-state index contributed by atoms with van der Waals surface area (Å²) >= 11 is 6.26. The van der Waals surface area contributed by atoms with E-state index in [9.17, 15) is 0 Å². The van der Waals surface area contributed by atoms with Crippen LogP contribution in [0.1, 0.15) is 32.0 Å². The number of hydrogen-bond donors (Lipinski definition) is 1. The minimum atomic E-state index is 0.0322. The summed E-state index contributed by atoms with van der Waals surface area (Å²) in [5.41, 5.74) is 3.24. The molecule has 4 nitrogen and oxygen atoms in total. The predicted octanol–water partition coefficient (Wildman–Crippen LogP) is 2.72. The Hall–Kier alpha value is -1.07. The van der Waals surface area contributed by atoms with E-state index in [-0.39, 0.29) is 5.41 Å². The molecule has 1 N–H and O–H groups in total. The number of rotatable bonds is 1. The molecule has 0 aliphatic rings. The molecule has 0 aliphatic carbocycles. The molecule has 6 heteroatoms. The van der Waals surface area contributed by atoms with E-state index in [1.165, 1.54) is 5.69 Å². The second-order valence-corrected chi connectivity index (χ2v) is 6.05. The van der Waals surface area contributed by atoms with Crippen molar-refractivity contribution in [1.82, 2.24) is 14.5 Å². The summed E-state index contributed by atoms with van der Waals surface area (Å²) in [6, 6.07) is 0. The minimum Gasteiger partial charge on any atom is -0.381 e. The van der Waals surface area contributed by atoms with Gasteiger partial charge in [0, 0.05) is 18.2 Å². The van der Waals surface area contributed by atoms with Crippen molar-refractivity contribution < 1.29 is 0 Å². The fourth-order valence-electron chi connectivity index (χ4n) is 2.58. The van der Waals surface area contributed by atoms with E-state index >= 15 is 0 Å². The fraction of sp³-hybridized carbons (Fsp3) is 0.500. The van der Waals surface area contributed by atoms with Crippen LogP contribution in [0, 0.1) is 6.92 Å². The quantitative estimate of drug-likeness (QED) is 0.645. The Morgan fingerprint density at radius 1 is 1.28 bits per heavy atom. The van der Waals surface area contributed by atoms with E-state index in [0.29, 0.717) is 11.1 Å². The van der Waals surface area contributed by atoms with Gasteiger partial charge in [-0.2, -0.15) is 4.98 Å². The number of nitrogens with zero attached hydrogens (tertiary/aromatic N) is 3. The van der Waals surface area contributed by atoms with Gasteiger partial charge in [0.05, 0.1) is 5.39 Å². The number of halogens is 1. The van der Waals surface area contributed by atoms with Crippen LogP contribution in [0.25, 0.3) is 11.0 Å². The Balaban J connectivity index is 2.90. The van der Waals surface area contributed by atoms with E-state index in [1.54, 1.807) is 0 Å². The van der Waals surface area contributed by atoms with Crippen LogP contribution in [-0.2, 0) is 12.5 Å². The molecular formula is C12H16ClN4Si. The summed E-state index contributed by atoms with van der Waals surface area (Å²) in [6.45, 7) is 8.61. The smallest absolute Gasteiger partial charge is 0.217 e. The highest BCUT2D eigenvalue weighted by molar-refractivity contribution is 6.34. The molecule has 18 heavy (non-hydrogen) atoms. The van der Waals surface area contributed by atoms with Gasteiger partial charge in [-0.05, 0) is 12.5 Å². The second kappa shape index (κ2) is 4.24. The van der Waals surface area contributed by atoms with Gasteiger partial charge < -0.3 is 9.55 Å². The van der Waals surface area contributed by atoms with Crippen LogP contribution in [0.5, 0.6) is 0 Å². The monoisotopic (exact) mass is 279 g/mol. The fourth-order valence-corrected chi connectivity index (χ4v) is 3.00. The number of nitrogens with one attached hydrogen (secondary N) is 1. The molecule has 0 fully saturated rings. The zero-order valence-electron chi connectivity index (χ0n) is 11.2. The maximum absolute atomic E-state index is 6.26. The lowest BCUT2D eigenvalue weighted by Crippen LogP contribution is -2.17. The molecule has 0 unspecified atom stereocenters. The van der Waals surface area contributed by atoms with Crippen LogP contribution in [0.3, 0.4) is 0 Å². The molecule has 2 heterocycles. The first-order chi connectivity index (χ1) is 8.27. The molecule has 3 radical (unpaired) electrons. The van der Waals surface area contributed by atoms with Gasteiger partial charge in [0.25, 0.3) is 0 Å². The average Bonchev–Trinajstić information content (AvgIpc) is 2.50. The van der Waals surface area contributed by atoms with Crippen molar-refractivity contribution in [2.24, 2.45) is 7.05 Å². The van der Waals surface area contributed by atoms with Gasteiger partial charge in [-0.3, -0.25) is 0 Å². The van der Waals surface area contributed by atoms with E-state index < -0.39 is 0 Å². The molecule has 2 aromatic rings. The van der Waals surface area contributed by atoms with Gasteiger partial charge in [-0.25, -0.2) is 4.98 Å². The molecular weight excluding hydrogens is 264 g/mol. The molecule has 2 rings (SSSR count). The normalized spacial score (nSPS) is 12.2. The molecule has 0 amide bonds. The Morgan fingerprint density at radius 2 is 1.89 bits per heavy atom. The van der Waals surface area contributed by atoms with Crippen LogP contribution in [0.4, 0.5) is 5.95 Å². The van der Waals surface area contributed by atoms with E-state index in [4.69, 9.17) is 11.6 Å². The van der Waals surface area contributed by atoms with Crippen molar-refractivity contribution in [1.29, 1.82) is 0 Å². The molecule has 2 aromatic heterocycles. The Labute approximate surface area is 115 Å². The van der Waals surface area contributed by atoms with E-state index in [2.05, 4.69) is 57.6 Å². The van der Waals surface area contributed by atoms with E-state index in [0.717, 1.165) is 16.6 Å². The maximum atomic E-state index is 6.26. The first kappa shape index (κ1) is 13.4. The summed E-state index contributed by atoms with van der Waals surface area (Å²) in [4.78, 5) is 11.4. The van der Waals surface area contributed by atoms with Crippen LogP contribution >= 0.6 is 11.6 Å². The third-order valence-corrected chi connectivity index (χ3v) is 3.55. The topological polar surface area (TPSA) is 42.7 Å². The van der Waals surface area contributed by atoms with Gasteiger partial charge in [-0.1, -0.05) is 32.4 Å². The Kier molecular flexibility index (Phi) is 3.15. The Morgan fingerprint density at radius 3 is 2.39 bits per heavy atom. The SMILES string of the molecule is Cc1c(C(C)(C)C)n(C)c2nc(N[Si])nc(Cl)c12. The summed E-state index contributed by atoms with van der Waals surface area (Å²) in [7, 11) is 5.18. The van der Waals surface area contributed by atoms with Crippen LogP contribution in [0.2, 0.25) is 5.15 Å². The molecule has 95 valence electrons. The van der Waals surface area contributed by atoms with Crippen molar-refractivity contribution in [2.45, 2.75) is 33.1 Å². The van der Waals surface area contributed by atoms with Gasteiger partial charge in [0.15, 0.2) is 10.4 Å². The average molecular weight is 280 g/mol. The summed E-state index contributed by atoms with van der Waals surface area (Å²) < 4.78 is 2.09. The van der Waals surface area contributed by atoms with Crippen molar-refractivity contribution in [3.8, 4) is 0 Å². The number of anilines is 1. The van der Waals surface area contributed by atoms with Crippen molar-refractivity contribution in [3.05, 3.63) is 16.4 Å². The molecule has 0 aliphatic heterocycles. The van der Waals surface area contributed by atoms with Crippen LogP contribution in [0.15, 0.2) is 0 Å². The number of hydrogen-bond acceptors (Lipinski definition) is 3. The molecule has 0 saturated heterocycles. The summed E-state index contributed by atoms with van der Waals surface area (Å²) in [5, 5.41) is 1.40. The predicted molar refractivity (Wildman–Crippen MR) is 76.3 cm³/mol. The van der Waals surface area contributed by atoms with Crippen molar-refractivity contribution in [3.63, 3.8) is 0 Å². The standard InChI is InChI=1S/C12H16ClN4Si/c1-6-7-9(13)14-11(16-18)15-10(7)17(5)8(6)12(2,3)4/h1-5H3,(H,14,15,16). The van der Waals surface area contributed by atoms with Gasteiger partial charge in [0.1, 0.15) is 10.8 Å². The third-order valence-electron chi connectivity index (χ3n) is 3.05. The van der Waals surface area contributed by atoms with Crippen molar-refractivity contribution in [2.75, 3.05) is 4.98 Å². The third kappa shape index (κ3) is 1.91. The largest absolute Gasteiger partial charge is 0.381 e. The zero-order chi connectivity index (χ0) is 13.7. The lowest BCUT2D eigenvalue weighted by molar-refractivity contribution is 0.542. The van der Waals surface area contributed by atoms with E-state index in [1.807, 2.05) is 7.05 Å². The highest BCUT2D eigenvalue weighted by Crippen LogP contribution is 2.35. The summed E-state index contributed by atoms with van der Waals surface area (Å²) in [6.07, 6.45) is 0. The number of aromatic nitrogens is 3. The number of aryl methyl sites for hydroxylation is 2. The molecule has 0 spiro atoms. The second-order valence-electron chi connectivity index (χ2n) is 5.44. The lowest BCUT2D eigenvalue weighted by Gasteiger charge is -2.21. The van der Waals surface area contributed by atoms with Crippen LogP contribution < -0.4 is 4.98 Å². The Bertz CT molecular complexity index is 613. The first-order valence-corrected chi connectivity index (χ1v) is 6.61. The maximum Gasteiger partial charge on any atom is 0.217 e. The highest BCUT2D eigenvalue weighted by Gasteiger charge is 2.25. The molecule has 0 saturated carbocycles. The van der Waals surface area contributed by atoms with Gasteiger partial charge in [0.2, 0.25) is 5.95 Å². The lowest BCUT2D eigenvalue weighted by atomic mass is 9.89. The molecule has 0 bridgehead atoms. The molecule has 0 atom stereocenters. The zero-order valence-corrected chi connectivity index (χ0v) is 13.0.